The summed E-state index contributed by atoms with van der Waals surface area (Å²) in [5, 5.41) is 13.2. The van der Waals surface area contributed by atoms with E-state index in [0.717, 1.165) is 4.88 Å². The maximum atomic E-state index is 11.0. The highest BCUT2D eigenvalue weighted by Crippen LogP contribution is 2.39. The molecule has 3 aromatic heterocycles. The van der Waals surface area contributed by atoms with Gasteiger partial charge in [-0.2, -0.15) is 0 Å². The minimum atomic E-state index is -0.854. The van der Waals surface area contributed by atoms with Crippen LogP contribution in [0, 0.1) is 0 Å². The van der Waals surface area contributed by atoms with Crippen LogP contribution in [0.25, 0.3) is 0 Å². The normalized spacial score (nSPS) is 11.0. The van der Waals surface area contributed by atoms with Crippen LogP contribution in [-0.4, -0.2) is 11.1 Å². The average molecular weight is 306 g/mol. The summed E-state index contributed by atoms with van der Waals surface area (Å²) in [6.45, 7) is 0. The number of aromatic carboxylic acids is 1. The van der Waals surface area contributed by atoms with E-state index in [-0.39, 0.29) is 5.92 Å². The van der Waals surface area contributed by atoms with E-state index in [1.54, 1.807) is 28.7 Å². The zero-order valence-electron chi connectivity index (χ0n) is 9.78. The van der Waals surface area contributed by atoms with Gasteiger partial charge in [0.15, 0.2) is 0 Å². The average Bonchev–Trinajstić information content (AvgIpc) is 3.12. The molecule has 0 aliphatic heterocycles. The summed E-state index contributed by atoms with van der Waals surface area (Å²) in [6, 6.07) is 11.9. The molecule has 0 atom stereocenters. The molecule has 0 aromatic carbocycles. The van der Waals surface area contributed by atoms with Crippen LogP contribution in [-0.2, 0) is 0 Å². The monoisotopic (exact) mass is 306 g/mol. The Labute approximate surface area is 122 Å². The van der Waals surface area contributed by atoms with E-state index in [1.165, 1.54) is 21.1 Å². The van der Waals surface area contributed by atoms with Gasteiger partial charge in [0.05, 0.1) is 5.92 Å². The second-order valence-corrected chi connectivity index (χ2v) is 7.04. The van der Waals surface area contributed by atoms with Crippen LogP contribution in [0.5, 0.6) is 0 Å². The Bertz CT molecular complexity index is 631. The molecular formula is C14H10O2S3. The summed E-state index contributed by atoms with van der Waals surface area (Å²) in [6.07, 6.45) is 0. The van der Waals surface area contributed by atoms with E-state index in [2.05, 4.69) is 22.9 Å². The Morgan fingerprint density at radius 2 is 1.58 bits per heavy atom. The first-order chi connectivity index (χ1) is 9.25. The van der Waals surface area contributed by atoms with Crippen molar-refractivity contribution in [3.8, 4) is 0 Å². The fourth-order valence-corrected chi connectivity index (χ4v) is 4.89. The molecule has 0 amide bonds. The van der Waals surface area contributed by atoms with Crippen molar-refractivity contribution in [3.05, 3.63) is 66.7 Å². The number of hydrogen-bond acceptors (Lipinski definition) is 4. The molecular weight excluding hydrogens is 296 g/mol. The predicted octanol–water partition coefficient (Wildman–Crippen LogP) is 4.75. The van der Waals surface area contributed by atoms with E-state index in [0.29, 0.717) is 4.88 Å². The summed E-state index contributed by atoms with van der Waals surface area (Å²) < 4.78 is 0. The highest BCUT2D eigenvalue weighted by molar-refractivity contribution is 7.15. The van der Waals surface area contributed by atoms with Crippen LogP contribution in [0.3, 0.4) is 0 Å². The smallest absolute Gasteiger partial charge is 0.345 e. The van der Waals surface area contributed by atoms with Crippen molar-refractivity contribution in [3.63, 3.8) is 0 Å². The first kappa shape index (κ1) is 12.6. The molecule has 0 aliphatic rings. The minimum absolute atomic E-state index is 0.165. The van der Waals surface area contributed by atoms with E-state index in [9.17, 15) is 4.79 Å². The Hall–Kier alpha value is -1.43. The molecule has 0 saturated carbocycles. The first-order valence-corrected chi connectivity index (χ1v) is 8.23. The van der Waals surface area contributed by atoms with Gasteiger partial charge in [-0.25, -0.2) is 4.79 Å². The molecule has 0 saturated heterocycles. The highest BCUT2D eigenvalue weighted by atomic mass is 32.1. The number of thiophene rings is 3. The molecule has 0 unspecified atom stereocenters. The largest absolute Gasteiger partial charge is 0.477 e. The Morgan fingerprint density at radius 1 is 0.947 bits per heavy atom. The molecule has 1 N–H and O–H groups in total. The van der Waals surface area contributed by atoms with Crippen molar-refractivity contribution < 1.29 is 9.90 Å². The van der Waals surface area contributed by atoms with Gasteiger partial charge in [0.25, 0.3) is 0 Å². The molecule has 0 bridgehead atoms. The van der Waals surface area contributed by atoms with Crippen LogP contribution in [0.4, 0.5) is 0 Å². The number of carboxylic acid groups (broad SMARTS) is 1. The molecule has 0 aliphatic carbocycles. The number of carbonyl (C=O) groups is 1. The summed E-state index contributed by atoms with van der Waals surface area (Å²) >= 11 is 4.77. The van der Waals surface area contributed by atoms with E-state index < -0.39 is 5.97 Å². The summed E-state index contributed by atoms with van der Waals surface area (Å²) in [7, 11) is 0. The molecule has 3 aromatic rings. The van der Waals surface area contributed by atoms with Crippen molar-refractivity contribution in [2.75, 3.05) is 0 Å². The molecule has 19 heavy (non-hydrogen) atoms. The SMILES string of the molecule is O=C(O)c1ccc(C(c2cccs2)c2cccs2)s1. The van der Waals surface area contributed by atoms with E-state index in [1.807, 2.05) is 18.2 Å². The van der Waals surface area contributed by atoms with Crippen molar-refractivity contribution in [2.45, 2.75) is 5.92 Å². The minimum Gasteiger partial charge on any atom is -0.477 e. The third-order valence-electron chi connectivity index (χ3n) is 2.78. The quantitative estimate of drug-likeness (QED) is 0.755. The van der Waals surface area contributed by atoms with Crippen LogP contribution in [0.15, 0.2) is 47.2 Å². The van der Waals surface area contributed by atoms with Crippen molar-refractivity contribution in [1.82, 2.24) is 0 Å². The Morgan fingerprint density at radius 3 is 2.00 bits per heavy atom. The topological polar surface area (TPSA) is 37.3 Å². The van der Waals surface area contributed by atoms with Crippen LogP contribution >= 0.6 is 34.0 Å². The van der Waals surface area contributed by atoms with Gasteiger partial charge in [-0.15, -0.1) is 34.0 Å². The molecule has 3 rings (SSSR count). The van der Waals surface area contributed by atoms with E-state index in [4.69, 9.17) is 5.11 Å². The molecule has 0 spiro atoms. The number of carboxylic acids is 1. The van der Waals surface area contributed by atoms with Crippen LogP contribution in [0.2, 0.25) is 0 Å². The van der Waals surface area contributed by atoms with Crippen LogP contribution < -0.4 is 0 Å². The third kappa shape index (κ3) is 2.49. The molecule has 0 fully saturated rings. The van der Waals surface area contributed by atoms with Gasteiger partial charge < -0.3 is 5.11 Å². The second kappa shape index (κ2) is 5.28. The van der Waals surface area contributed by atoms with E-state index >= 15 is 0 Å². The summed E-state index contributed by atoms with van der Waals surface area (Å²) in [5.74, 6) is -0.689. The van der Waals surface area contributed by atoms with Gasteiger partial charge in [0, 0.05) is 14.6 Å². The lowest BCUT2D eigenvalue weighted by molar-refractivity contribution is 0.0702. The lowest BCUT2D eigenvalue weighted by Crippen LogP contribution is -1.96. The predicted molar refractivity (Wildman–Crippen MR) is 80.9 cm³/mol. The Kier molecular flexibility index (Phi) is 3.50. The second-order valence-electron chi connectivity index (χ2n) is 3.97. The number of rotatable bonds is 4. The summed E-state index contributed by atoms with van der Waals surface area (Å²) in [5.41, 5.74) is 0. The first-order valence-electron chi connectivity index (χ1n) is 5.65. The fourth-order valence-electron chi connectivity index (χ4n) is 1.95. The Balaban J connectivity index is 2.06. The third-order valence-corrected chi connectivity index (χ3v) is 5.79. The lowest BCUT2D eigenvalue weighted by atomic mass is 10.0. The standard InChI is InChI=1S/C14H10O2S3/c15-14(16)12-6-5-11(19-12)13(9-3-1-7-17-9)10-4-2-8-18-10/h1-8,13H,(H,15,16). The molecule has 2 nitrogen and oxygen atoms in total. The number of hydrogen-bond donors (Lipinski definition) is 1. The van der Waals surface area contributed by atoms with Gasteiger partial charge in [-0.3, -0.25) is 0 Å². The zero-order valence-corrected chi connectivity index (χ0v) is 12.2. The van der Waals surface area contributed by atoms with Crippen LogP contribution in [0.1, 0.15) is 30.2 Å². The van der Waals surface area contributed by atoms with Crippen molar-refractivity contribution in [2.24, 2.45) is 0 Å². The molecule has 3 heterocycles. The maximum absolute atomic E-state index is 11.0. The summed E-state index contributed by atoms with van der Waals surface area (Å²) in [4.78, 5) is 15.0. The van der Waals surface area contributed by atoms with Gasteiger partial charge >= 0.3 is 5.97 Å². The van der Waals surface area contributed by atoms with Gasteiger partial charge in [0.1, 0.15) is 4.88 Å². The molecule has 0 radical (unpaired) electrons. The van der Waals surface area contributed by atoms with Gasteiger partial charge in [-0.1, -0.05) is 12.1 Å². The zero-order chi connectivity index (χ0) is 13.2. The maximum Gasteiger partial charge on any atom is 0.345 e. The van der Waals surface area contributed by atoms with Crippen molar-refractivity contribution in [1.29, 1.82) is 0 Å². The van der Waals surface area contributed by atoms with Gasteiger partial charge in [-0.05, 0) is 35.0 Å². The lowest BCUT2D eigenvalue weighted by Gasteiger charge is -2.11. The van der Waals surface area contributed by atoms with Crippen molar-refractivity contribution >= 4 is 40.0 Å². The van der Waals surface area contributed by atoms with Gasteiger partial charge in [0.2, 0.25) is 0 Å². The fraction of sp³-hybridized carbons (Fsp3) is 0.0714. The molecule has 5 heteroatoms. The highest BCUT2D eigenvalue weighted by Gasteiger charge is 2.21. The molecule has 96 valence electrons.